The Morgan fingerprint density at radius 3 is 2.00 bits per heavy atom. The van der Waals surface area contributed by atoms with Crippen molar-refractivity contribution in [1.29, 1.82) is 0 Å². The van der Waals surface area contributed by atoms with Crippen molar-refractivity contribution in [1.82, 2.24) is 0 Å². The molecule has 21 heavy (non-hydrogen) atoms. The summed E-state index contributed by atoms with van der Waals surface area (Å²) in [6.45, 7) is 0.201. The number of nitrogens with zero attached hydrogens (tertiary/aromatic N) is 2. The van der Waals surface area contributed by atoms with Gasteiger partial charge < -0.3 is 4.74 Å². The molecule has 0 radical (unpaired) electrons. The molecular weight excluding hydrogens is 312 g/mol. The van der Waals surface area contributed by atoms with Crippen LogP contribution in [0.15, 0.2) is 24.3 Å². The van der Waals surface area contributed by atoms with Gasteiger partial charge in [0.1, 0.15) is 7.05 Å². The summed E-state index contributed by atoms with van der Waals surface area (Å²) in [6, 6.07) is 5.87. The summed E-state index contributed by atoms with van der Waals surface area (Å²) in [5, 5.41) is 10.5. The molecule has 1 aliphatic rings. The molecule has 0 saturated carbocycles. The van der Waals surface area contributed by atoms with Crippen molar-refractivity contribution in [3.63, 3.8) is 0 Å². The SMILES string of the molecule is C[N+]1=C(c2ccc([N+](=O)[O-])cc2)OC(=O)C1.[O-][Cl+3]([O-])([O-])[O-]. The van der Waals surface area contributed by atoms with Crippen LogP contribution in [0.2, 0.25) is 0 Å². The third-order valence-corrected chi connectivity index (χ3v) is 2.25. The van der Waals surface area contributed by atoms with Crippen molar-refractivity contribution in [3.05, 3.63) is 39.9 Å². The van der Waals surface area contributed by atoms with E-state index in [2.05, 4.69) is 0 Å². The summed E-state index contributed by atoms with van der Waals surface area (Å²) in [7, 11) is -3.22. The second-order valence-corrected chi connectivity index (χ2v) is 4.57. The van der Waals surface area contributed by atoms with Gasteiger partial charge in [0.2, 0.25) is 6.54 Å². The molecule has 1 aromatic rings. The maximum absolute atomic E-state index is 11.0. The first-order chi connectivity index (χ1) is 9.58. The van der Waals surface area contributed by atoms with Crippen molar-refractivity contribution in [2.75, 3.05) is 13.6 Å². The summed E-state index contributed by atoms with van der Waals surface area (Å²) in [6.07, 6.45) is 0. The number of likely N-dealkylation sites (N-methyl/N-ethyl adjacent to an activating group) is 1. The van der Waals surface area contributed by atoms with Crippen LogP contribution < -0.4 is 18.6 Å². The van der Waals surface area contributed by atoms with Gasteiger partial charge in [0.05, 0.1) is 10.5 Å². The fraction of sp³-hybridized carbons (Fsp3) is 0.200. The van der Waals surface area contributed by atoms with Crippen molar-refractivity contribution >= 4 is 17.6 Å². The van der Waals surface area contributed by atoms with E-state index in [1.165, 1.54) is 12.1 Å². The molecule has 114 valence electrons. The molecule has 0 N–H and O–H groups in total. The number of non-ortho nitro benzene ring substituents is 1. The lowest BCUT2D eigenvalue weighted by Gasteiger charge is -2.17. The first kappa shape index (κ1) is 16.9. The number of halogens is 1. The average Bonchev–Trinajstić information content (AvgIpc) is 2.66. The van der Waals surface area contributed by atoms with E-state index >= 15 is 0 Å². The van der Waals surface area contributed by atoms with E-state index in [1.54, 1.807) is 23.8 Å². The van der Waals surface area contributed by atoms with Gasteiger partial charge >= 0.3 is 11.9 Å². The zero-order chi connectivity index (χ0) is 16.2. The third-order valence-electron chi connectivity index (χ3n) is 2.25. The van der Waals surface area contributed by atoms with E-state index in [9.17, 15) is 14.9 Å². The average molecular weight is 321 g/mol. The van der Waals surface area contributed by atoms with Crippen molar-refractivity contribution in [2.24, 2.45) is 0 Å². The number of hydrogen-bond acceptors (Lipinski definition) is 8. The lowest BCUT2D eigenvalue weighted by Crippen LogP contribution is -2.68. The van der Waals surface area contributed by atoms with Crippen LogP contribution in [-0.2, 0) is 9.53 Å². The van der Waals surface area contributed by atoms with Gasteiger partial charge in [-0.05, 0) is 12.1 Å². The zero-order valence-corrected chi connectivity index (χ0v) is 11.3. The fourth-order valence-electron chi connectivity index (χ4n) is 1.49. The number of carbonyl (C=O) groups excluding carboxylic acids is 1. The topological polar surface area (TPSA) is 165 Å². The Balaban J connectivity index is 0.000000383. The van der Waals surface area contributed by atoms with E-state index < -0.39 is 15.2 Å². The van der Waals surface area contributed by atoms with Gasteiger partial charge in [0, 0.05) is 12.1 Å². The Morgan fingerprint density at radius 1 is 1.19 bits per heavy atom. The van der Waals surface area contributed by atoms with Crippen LogP contribution in [0.1, 0.15) is 5.56 Å². The summed E-state index contributed by atoms with van der Waals surface area (Å²) in [4.78, 5) is 21.0. The highest BCUT2D eigenvalue weighted by Crippen LogP contribution is 2.14. The number of carbonyl (C=O) groups is 1. The van der Waals surface area contributed by atoms with Crippen LogP contribution >= 0.6 is 0 Å². The van der Waals surface area contributed by atoms with Crippen LogP contribution in [-0.4, -0.2) is 35.0 Å². The largest absolute Gasteiger partial charge is 0.381 e. The van der Waals surface area contributed by atoms with E-state index in [1.807, 2.05) is 0 Å². The number of nitro benzene ring substituents is 1. The smallest absolute Gasteiger partial charge is 0.366 e. The normalized spacial score (nSPS) is 14.4. The van der Waals surface area contributed by atoms with Crippen LogP contribution in [0.25, 0.3) is 0 Å². The minimum Gasteiger partial charge on any atom is -0.366 e. The Hall–Kier alpha value is -2.11. The maximum atomic E-state index is 11.0. The lowest BCUT2D eigenvalue weighted by molar-refractivity contribution is -2.00. The molecule has 0 spiro atoms. The van der Waals surface area contributed by atoms with Crippen LogP contribution in [0.5, 0.6) is 0 Å². The minimum absolute atomic E-state index is 0.0105. The molecule has 0 bridgehead atoms. The summed E-state index contributed by atoms with van der Waals surface area (Å²) >= 11 is 0. The second-order valence-electron chi connectivity index (χ2n) is 3.82. The third kappa shape index (κ3) is 5.81. The number of ether oxygens (including phenoxy) is 1. The number of cyclic esters (lactones) is 1. The quantitative estimate of drug-likeness (QED) is 0.229. The molecule has 0 saturated heterocycles. The molecule has 1 aliphatic heterocycles. The van der Waals surface area contributed by atoms with Gasteiger partial charge in [0.15, 0.2) is 0 Å². The van der Waals surface area contributed by atoms with Gasteiger partial charge in [-0.3, -0.25) is 10.1 Å². The molecule has 11 heteroatoms. The molecule has 0 atom stereocenters. The van der Waals surface area contributed by atoms with Crippen LogP contribution in [0.3, 0.4) is 0 Å². The highest BCUT2D eigenvalue weighted by molar-refractivity contribution is 6.00. The van der Waals surface area contributed by atoms with Crippen LogP contribution in [0, 0.1) is 20.4 Å². The Morgan fingerprint density at radius 2 is 1.67 bits per heavy atom. The minimum atomic E-state index is -4.94. The molecule has 0 fully saturated rings. The summed E-state index contributed by atoms with van der Waals surface area (Å²) < 4.78 is 40.6. The predicted octanol–water partition coefficient (Wildman–Crippen LogP) is -4.22. The van der Waals surface area contributed by atoms with Crippen molar-refractivity contribution < 1.29 is 47.9 Å². The van der Waals surface area contributed by atoms with E-state index in [4.69, 9.17) is 23.4 Å². The molecule has 2 rings (SSSR count). The first-order valence-corrected chi connectivity index (χ1v) is 6.46. The highest BCUT2D eigenvalue weighted by atomic mass is 35.7. The first-order valence-electron chi connectivity index (χ1n) is 5.23. The summed E-state index contributed by atoms with van der Waals surface area (Å²) in [5.74, 6) is 0.107. The van der Waals surface area contributed by atoms with Crippen molar-refractivity contribution in [2.45, 2.75) is 0 Å². The van der Waals surface area contributed by atoms with E-state index in [-0.39, 0.29) is 18.2 Å². The van der Waals surface area contributed by atoms with Gasteiger partial charge in [-0.2, -0.15) is 4.58 Å². The fourth-order valence-corrected chi connectivity index (χ4v) is 1.49. The summed E-state index contributed by atoms with van der Waals surface area (Å²) in [5.41, 5.74) is 0.662. The molecule has 0 amide bonds. The van der Waals surface area contributed by atoms with Crippen LogP contribution in [0.4, 0.5) is 5.69 Å². The molecule has 0 aromatic heterocycles. The number of rotatable bonds is 2. The van der Waals surface area contributed by atoms with Gasteiger partial charge in [-0.15, -0.1) is 10.2 Å². The molecule has 0 aliphatic carbocycles. The van der Waals surface area contributed by atoms with Gasteiger partial charge in [-0.1, -0.05) is 0 Å². The van der Waals surface area contributed by atoms with Gasteiger partial charge in [-0.25, -0.2) is 23.4 Å². The molecule has 1 aromatic carbocycles. The standard InChI is InChI=1S/C10H9N2O4.ClHO4/c1-11-6-9(13)16-10(11)7-2-4-8(5-3-7)12(14)15;2-1(3,4)5/h2-5H,6H2,1H3;(H,2,3,4,5)/q+1;/p-1. The highest BCUT2D eigenvalue weighted by Gasteiger charge is 2.30. The predicted molar refractivity (Wildman–Crippen MR) is 54.3 cm³/mol. The molecule has 0 unspecified atom stereocenters. The number of nitro groups is 1. The Kier molecular flexibility index (Phi) is 5.29. The van der Waals surface area contributed by atoms with E-state index in [0.717, 1.165) is 0 Å². The molecule has 10 nitrogen and oxygen atoms in total. The number of hydrogen-bond donors (Lipinski definition) is 0. The van der Waals surface area contributed by atoms with E-state index in [0.29, 0.717) is 11.5 Å². The molecule has 1 heterocycles. The second kappa shape index (κ2) is 6.56. The number of benzene rings is 1. The Labute approximate surface area is 120 Å². The number of esters is 1. The Bertz CT molecular complexity index is 572. The van der Waals surface area contributed by atoms with Gasteiger partial charge in [0.25, 0.3) is 5.69 Å². The lowest BCUT2D eigenvalue weighted by atomic mass is 10.2. The zero-order valence-electron chi connectivity index (χ0n) is 10.6. The monoisotopic (exact) mass is 320 g/mol. The molecular formula is C10H9ClN2O8. The maximum Gasteiger partial charge on any atom is 0.381 e. The van der Waals surface area contributed by atoms with Crippen molar-refractivity contribution in [3.8, 4) is 0 Å².